The van der Waals surface area contributed by atoms with Crippen LogP contribution in [0.1, 0.15) is 80.4 Å². The van der Waals surface area contributed by atoms with Crippen molar-refractivity contribution in [3.8, 4) is 17.2 Å². The number of ether oxygens (including phenoxy) is 3. The molecule has 0 N–H and O–H groups in total. The van der Waals surface area contributed by atoms with E-state index in [-0.39, 0.29) is 18.2 Å². The number of piperidine rings is 1. The first-order valence-corrected chi connectivity index (χ1v) is 13.2. The molecule has 0 bridgehead atoms. The van der Waals surface area contributed by atoms with Gasteiger partial charge in [-0.15, -0.1) is 10.2 Å². The number of aromatic nitrogens is 3. The Morgan fingerprint density at radius 2 is 1.86 bits per heavy atom. The van der Waals surface area contributed by atoms with Crippen molar-refractivity contribution in [2.75, 3.05) is 27.3 Å². The molecule has 2 atom stereocenters. The fraction of sp³-hybridized carbons (Fsp3) is 0.464. The summed E-state index contributed by atoms with van der Waals surface area (Å²) in [5.74, 6) is 2.75. The zero-order valence-corrected chi connectivity index (χ0v) is 22.5. The van der Waals surface area contributed by atoms with E-state index >= 15 is 0 Å². The van der Waals surface area contributed by atoms with Gasteiger partial charge in [0.2, 0.25) is 5.91 Å². The van der Waals surface area contributed by atoms with Gasteiger partial charge in [0, 0.05) is 35.2 Å². The van der Waals surface area contributed by atoms with E-state index in [2.05, 4.69) is 24.0 Å². The molecule has 0 radical (unpaired) electrons. The van der Waals surface area contributed by atoms with Crippen molar-refractivity contribution in [1.29, 1.82) is 0 Å². The van der Waals surface area contributed by atoms with E-state index in [1.54, 1.807) is 14.2 Å². The number of hydrogen-bond acceptors (Lipinski definition) is 6. The zero-order chi connectivity index (χ0) is 26.1. The van der Waals surface area contributed by atoms with Crippen LogP contribution in [0.4, 0.5) is 0 Å². The van der Waals surface area contributed by atoms with Gasteiger partial charge in [-0.05, 0) is 43.5 Å². The van der Waals surface area contributed by atoms with Crippen molar-refractivity contribution in [2.45, 2.75) is 57.7 Å². The monoisotopic (exact) mass is 524 g/mol. The van der Waals surface area contributed by atoms with E-state index in [1.807, 2.05) is 45.9 Å². The van der Waals surface area contributed by atoms with Crippen LogP contribution in [-0.4, -0.2) is 52.9 Å². The van der Waals surface area contributed by atoms with Crippen LogP contribution in [0.15, 0.2) is 36.4 Å². The summed E-state index contributed by atoms with van der Waals surface area (Å²) in [7, 11) is 3.22. The highest BCUT2D eigenvalue weighted by atomic mass is 35.5. The SMILES string of the molecule is COc1cccc(C2OC(CC(=O)N3CCCCC3)c3nnc(C(C)C)n3-c3ccc(Cl)cc32)c1OC. The van der Waals surface area contributed by atoms with Crippen molar-refractivity contribution in [2.24, 2.45) is 0 Å². The molecule has 3 heterocycles. The first-order valence-electron chi connectivity index (χ1n) is 12.8. The van der Waals surface area contributed by atoms with Gasteiger partial charge in [-0.3, -0.25) is 9.36 Å². The average molecular weight is 525 g/mol. The number of rotatable bonds is 6. The second-order valence-electron chi connectivity index (χ2n) is 9.84. The molecule has 196 valence electrons. The Labute approximate surface area is 222 Å². The molecule has 1 fully saturated rings. The van der Waals surface area contributed by atoms with Crippen LogP contribution in [0, 0.1) is 0 Å². The van der Waals surface area contributed by atoms with Gasteiger partial charge in [-0.1, -0.05) is 37.6 Å². The van der Waals surface area contributed by atoms with Gasteiger partial charge in [0.1, 0.15) is 18.0 Å². The molecule has 2 aromatic carbocycles. The standard InChI is InChI=1S/C28H33ClN4O4/c1-17(2)27-30-31-28-23(16-24(34)32-13-6-5-7-14-32)37-25(19-9-8-10-22(35-3)26(19)36-4)20-15-18(29)11-12-21(20)33(27)28/h8-12,15,17,23,25H,5-7,13-14,16H2,1-4H3. The van der Waals surface area contributed by atoms with Crippen LogP contribution < -0.4 is 9.47 Å². The van der Waals surface area contributed by atoms with Gasteiger partial charge in [0.25, 0.3) is 0 Å². The Bertz CT molecular complexity index is 1290. The lowest BCUT2D eigenvalue weighted by Crippen LogP contribution is -2.36. The number of para-hydroxylation sites is 1. The lowest BCUT2D eigenvalue weighted by molar-refractivity contribution is -0.136. The molecule has 2 unspecified atom stereocenters. The normalized spacial score (nSPS) is 19.2. The van der Waals surface area contributed by atoms with Crippen LogP contribution in [-0.2, 0) is 9.53 Å². The van der Waals surface area contributed by atoms with Crippen molar-refractivity contribution < 1.29 is 19.0 Å². The van der Waals surface area contributed by atoms with Crippen molar-refractivity contribution in [3.63, 3.8) is 0 Å². The van der Waals surface area contributed by atoms with E-state index in [0.29, 0.717) is 22.3 Å². The van der Waals surface area contributed by atoms with Gasteiger partial charge in [0.15, 0.2) is 17.3 Å². The summed E-state index contributed by atoms with van der Waals surface area (Å²) < 4.78 is 20.3. The highest BCUT2D eigenvalue weighted by Crippen LogP contribution is 2.46. The molecule has 0 saturated carbocycles. The Balaban J connectivity index is 1.68. The topological polar surface area (TPSA) is 78.7 Å². The number of carbonyl (C=O) groups is 1. The van der Waals surface area contributed by atoms with E-state index in [4.69, 9.17) is 25.8 Å². The summed E-state index contributed by atoms with van der Waals surface area (Å²) in [6.07, 6.45) is 2.17. The van der Waals surface area contributed by atoms with E-state index in [0.717, 1.165) is 55.0 Å². The predicted octanol–water partition coefficient (Wildman–Crippen LogP) is 5.62. The molecule has 1 amide bonds. The highest BCUT2D eigenvalue weighted by Gasteiger charge is 2.37. The smallest absolute Gasteiger partial charge is 0.225 e. The second-order valence-corrected chi connectivity index (χ2v) is 10.3. The number of methoxy groups -OCH3 is 2. The number of hydrogen-bond donors (Lipinski definition) is 0. The largest absolute Gasteiger partial charge is 0.493 e. The molecule has 5 rings (SSSR count). The van der Waals surface area contributed by atoms with Gasteiger partial charge in [-0.2, -0.15) is 0 Å². The summed E-state index contributed by atoms with van der Waals surface area (Å²) in [4.78, 5) is 15.4. The third-order valence-corrected chi connectivity index (χ3v) is 7.35. The molecule has 3 aromatic rings. The Morgan fingerprint density at radius 1 is 1.08 bits per heavy atom. The van der Waals surface area contributed by atoms with Gasteiger partial charge in [0.05, 0.1) is 26.3 Å². The molecule has 1 saturated heterocycles. The minimum absolute atomic E-state index is 0.0608. The van der Waals surface area contributed by atoms with E-state index < -0.39 is 12.2 Å². The second kappa shape index (κ2) is 10.7. The summed E-state index contributed by atoms with van der Waals surface area (Å²) in [5.41, 5.74) is 2.50. The fourth-order valence-electron chi connectivity index (χ4n) is 5.31. The maximum absolute atomic E-state index is 13.4. The molecule has 9 heteroatoms. The number of likely N-dealkylation sites (tertiary alicyclic amines) is 1. The summed E-state index contributed by atoms with van der Waals surface area (Å²) in [5, 5.41) is 9.67. The van der Waals surface area contributed by atoms with Crippen molar-refractivity contribution >= 4 is 17.5 Å². The number of amides is 1. The van der Waals surface area contributed by atoms with Crippen LogP contribution in [0.25, 0.3) is 5.69 Å². The molecule has 2 aliphatic rings. The fourth-order valence-corrected chi connectivity index (χ4v) is 5.49. The maximum Gasteiger partial charge on any atom is 0.225 e. The number of halogens is 1. The van der Waals surface area contributed by atoms with Gasteiger partial charge < -0.3 is 19.1 Å². The molecule has 8 nitrogen and oxygen atoms in total. The Morgan fingerprint density at radius 3 is 2.57 bits per heavy atom. The minimum Gasteiger partial charge on any atom is -0.493 e. The van der Waals surface area contributed by atoms with Gasteiger partial charge in [-0.25, -0.2) is 0 Å². The third kappa shape index (κ3) is 4.80. The number of benzene rings is 2. The summed E-state index contributed by atoms with van der Waals surface area (Å²) >= 11 is 6.53. The van der Waals surface area contributed by atoms with Gasteiger partial charge >= 0.3 is 0 Å². The predicted molar refractivity (Wildman–Crippen MR) is 141 cm³/mol. The third-order valence-electron chi connectivity index (χ3n) is 7.12. The van der Waals surface area contributed by atoms with Crippen LogP contribution in [0.2, 0.25) is 5.02 Å². The van der Waals surface area contributed by atoms with Crippen LogP contribution >= 0.6 is 11.6 Å². The Kier molecular flexibility index (Phi) is 7.40. The molecule has 0 spiro atoms. The van der Waals surface area contributed by atoms with Crippen molar-refractivity contribution in [1.82, 2.24) is 19.7 Å². The first-order chi connectivity index (χ1) is 17.9. The van der Waals surface area contributed by atoms with Crippen molar-refractivity contribution in [3.05, 3.63) is 64.2 Å². The summed E-state index contributed by atoms with van der Waals surface area (Å²) in [6, 6.07) is 11.4. The van der Waals surface area contributed by atoms with E-state index in [1.165, 1.54) is 0 Å². The quantitative estimate of drug-likeness (QED) is 0.416. The molecule has 2 aliphatic heterocycles. The minimum atomic E-state index is -0.624. The van der Waals surface area contributed by atoms with Crippen LogP contribution in [0.3, 0.4) is 0 Å². The molecular weight excluding hydrogens is 492 g/mol. The Hall–Kier alpha value is -3.10. The molecule has 0 aliphatic carbocycles. The lowest BCUT2D eigenvalue weighted by Gasteiger charge is -2.29. The maximum atomic E-state index is 13.4. The lowest BCUT2D eigenvalue weighted by atomic mass is 9.98. The molecule has 37 heavy (non-hydrogen) atoms. The number of carbonyl (C=O) groups excluding carboxylic acids is 1. The van der Waals surface area contributed by atoms with Crippen LogP contribution in [0.5, 0.6) is 11.5 Å². The molecular formula is C28H33ClN4O4. The summed E-state index contributed by atoms with van der Waals surface area (Å²) in [6.45, 7) is 5.71. The van der Waals surface area contributed by atoms with E-state index in [9.17, 15) is 4.79 Å². The number of fused-ring (bicyclic) bond motifs is 3. The zero-order valence-electron chi connectivity index (χ0n) is 21.7. The molecule has 1 aromatic heterocycles. The highest BCUT2D eigenvalue weighted by molar-refractivity contribution is 6.30. The number of nitrogens with zero attached hydrogens (tertiary/aromatic N) is 4. The first kappa shape index (κ1) is 25.5. The average Bonchev–Trinajstić information content (AvgIpc) is 3.31.